The Labute approximate surface area is 297 Å². The molecule has 6 amide bonds. The average Bonchev–Trinajstić information content (AvgIpc) is 3.53. The van der Waals surface area contributed by atoms with Crippen LogP contribution in [0.25, 0.3) is 12.2 Å². The summed E-state index contributed by atoms with van der Waals surface area (Å²) in [6.07, 6.45) is 3.85. The minimum atomic E-state index is -0.410. The molecule has 50 heavy (non-hydrogen) atoms. The molecule has 0 spiro atoms. The number of hydrogen-bond acceptors (Lipinski definition) is 10. The predicted octanol–water partition coefficient (Wildman–Crippen LogP) is 6.61. The zero-order chi connectivity index (χ0) is 35.6. The normalized spacial score (nSPS) is 16.0. The number of anilines is 2. The van der Waals surface area contributed by atoms with Crippen molar-refractivity contribution in [2.24, 2.45) is 0 Å². The van der Waals surface area contributed by atoms with Gasteiger partial charge in [-0.3, -0.25) is 38.6 Å². The number of carbonyl (C=O) groups is 6. The lowest BCUT2D eigenvalue weighted by atomic mass is 10.2. The maximum absolute atomic E-state index is 12.8. The van der Waals surface area contributed by atoms with E-state index in [-0.39, 0.29) is 50.6 Å². The molecule has 3 aromatic carbocycles. The molecule has 0 bridgehead atoms. The molecule has 0 aromatic heterocycles. The Morgan fingerprint density at radius 2 is 1.00 bits per heavy atom. The third-order valence-electron chi connectivity index (χ3n) is 7.62. The van der Waals surface area contributed by atoms with Crippen LogP contribution in [-0.4, -0.2) is 71.2 Å². The molecule has 2 fully saturated rings. The molecule has 0 aliphatic carbocycles. The summed E-state index contributed by atoms with van der Waals surface area (Å²) >= 11 is 1.71. The molecule has 14 heteroatoms. The summed E-state index contributed by atoms with van der Waals surface area (Å²) in [4.78, 5) is 79.1. The second-order valence-corrected chi connectivity index (χ2v) is 13.0. The van der Waals surface area contributed by atoms with Crippen LogP contribution in [-0.2, 0) is 19.2 Å². The maximum atomic E-state index is 12.8. The van der Waals surface area contributed by atoms with Crippen molar-refractivity contribution in [2.45, 2.75) is 25.7 Å². The first kappa shape index (κ1) is 36.0. The van der Waals surface area contributed by atoms with Crippen molar-refractivity contribution in [1.29, 1.82) is 0 Å². The van der Waals surface area contributed by atoms with Crippen molar-refractivity contribution < 1.29 is 38.2 Å². The topological polar surface area (TPSA) is 151 Å². The van der Waals surface area contributed by atoms with Gasteiger partial charge in [0.2, 0.25) is 11.8 Å². The smallest absolute Gasteiger partial charge is 0.293 e. The lowest BCUT2D eigenvalue weighted by Gasteiger charge is -2.15. The van der Waals surface area contributed by atoms with Crippen molar-refractivity contribution in [3.63, 3.8) is 0 Å². The SMILES string of the molecule is COc1ccc(/C=C2\SC(=O)N(CCCC(=O)Nc3ccccc3NC(=O)CCCN3C(=O)S/C(=C/c4ccc(OC)cc4)C3=O)C2=O)cc1. The van der Waals surface area contributed by atoms with E-state index in [4.69, 9.17) is 9.47 Å². The Morgan fingerprint density at radius 1 is 0.620 bits per heavy atom. The zero-order valence-corrected chi connectivity index (χ0v) is 28.9. The quantitative estimate of drug-likeness (QED) is 0.175. The number of rotatable bonds is 14. The van der Waals surface area contributed by atoms with Gasteiger partial charge in [0.15, 0.2) is 0 Å². The van der Waals surface area contributed by atoms with E-state index >= 15 is 0 Å². The molecule has 5 rings (SSSR count). The molecule has 2 saturated heterocycles. The van der Waals surface area contributed by atoms with Crippen LogP contribution in [0.1, 0.15) is 36.8 Å². The standard InChI is InChI=1S/C36H34N4O8S2/c1-47-25-15-11-23(12-16-25)21-29-33(43)39(35(45)49-29)19-5-9-31(41)37-27-7-3-4-8-28(27)38-32(42)10-6-20-40-34(44)30(50-36(40)46)22-24-13-17-26(48-2)18-14-24/h3-4,7-8,11-18,21-22H,5-6,9-10,19-20H2,1-2H3,(H,37,41)(H,38,42)/b29-21-,30-22+. The Hall–Kier alpha value is -5.34. The fraction of sp³-hybridized carbons (Fsp3) is 0.222. The van der Waals surface area contributed by atoms with E-state index in [9.17, 15) is 28.8 Å². The number of ether oxygens (including phenoxy) is 2. The second-order valence-electron chi connectivity index (χ2n) is 11.1. The van der Waals surface area contributed by atoms with Crippen molar-refractivity contribution in [3.8, 4) is 11.5 Å². The Balaban J connectivity index is 1.06. The van der Waals surface area contributed by atoms with Gasteiger partial charge in [-0.15, -0.1) is 0 Å². The molecule has 0 saturated carbocycles. The molecular weight excluding hydrogens is 681 g/mol. The van der Waals surface area contributed by atoms with E-state index in [1.165, 1.54) is 0 Å². The molecule has 0 unspecified atom stereocenters. The number of hydrogen-bond donors (Lipinski definition) is 2. The van der Waals surface area contributed by atoms with Gasteiger partial charge in [0.25, 0.3) is 22.3 Å². The second kappa shape index (κ2) is 16.9. The van der Waals surface area contributed by atoms with E-state index < -0.39 is 22.3 Å². The molecule has 2 aliphatic rings. The van der Waals surface area contributed by atoms with E-state index in [2.05, 4.69) is 10.6 Å². The maximum Gasteiger partial charge on any atom is 0.293 e. The number of nitrogens with one attached hydrogen (secondary N) is 2. The van der Waals surface area contributed by atoms with Gasteiger partial charge in [0, 0.05) is 25.9 Å². The third kappa shape index (κ3) is 9.21. The molecule has 0 atom stereocenters. The number of para-hydroxylation sites is 2. The Bertz CT molecular complexity index is 1720. The summed E-state index contributed by atoms with van der Waals surface area (Å²) in [6, 6.07) is 20.9. The Morgan fingerprint density at radius 3 is 1.36 bits per heavy atom. The number of carbonyl (C=O) groups excluding carboxylic acids is 6. The van der Waals surface area contributed by atoms with E-state index in [0.717, 1.165) is 44.5 Å². The van der Waals surface area contributed by atoms with Gasteiger partial charge in [-0.05, 0) is 96.0 Å². The first-order valence-electron chi connectivity index (χ1n) is 15.6. The lowest BCUT2D eigenvalue weighted by molar-refractivity contribution is -0.123. The van der Waals surface area contributed by atoms with Gasteiger partial charge in [-0.25, -0.2) is 0 Å². The highest BCUT2D eigenvalue weighted by molar-refractivity contribution is 8.18. The van der Waals surface area contributed by atoms with Crippen LogP contribution < -0.4 is 20.1 Å². The van der Waals surface area contributed by atoms with Crippen LogP contribution in [0.4, 0.5) is 21.0 Å². The zero-order valence-electron chi connectivity index (χ0n) is 27.3. The highest BCUT2D eigenvalue weighted by atomic mass is 32.2. The summed E-state index contributed by atoms with van der Waals surface area (Å²) in [5, 5.41) is 4.76. The van der Waals surface area contributed by atoms with Crippen molar-refractivity contribution in [3.05, 3.63) is 93.7 Å². The Kier molecular flexibility index (Phi) is 12.1. The van der Waals surface area contributed by atoms with Crippen LogP contribution in [0.5, 0.6) is 11.5 Å². The molecule has 3 aromatic rings. The predicted molar refractivity (Wildman–Crippen MR) is 194 cm³/mol. The number of methoxy groups -OCH3 is 2. The van der Waals surface area contributed by atoms with Crippen molar-refractivity contribution in [2.75, 3.05) is 37.9 Å². The molecule has 2 heterocycles. The average molecular weight is 715 g/mol. The molecule has 0 radical (unpaired) electrons. The van der Waals surface area contributed by atoms with Crippen molar-refractivity contribution >= 4 is 81.2 Å². The fourth-order valence-corrected chi connectivity index (χ4v) is 6.74. The summed E-state index contributed by atoms with van der Waals surface area (Å²) in [7, 11) is 3.12. The molecule has 2 N–H and O–H groups in total. The number of thioether (sulfide) groups is 2. The van der Waals surface area contributed by atoms with E-state index in [0.29, 0.717) is 32.7 Å². The molecule has 12 nitrogen and oxygen atoms in total. The summed E-state index contributed by atoms with van der Waals surface area (Å²) in [6.45, 7) is 0.158. The van der Waals surface area contributed by atoms with E-state index in [1.807, 2.05) is 0 Å². The number of imide groups is 2. The van der Waals surface area contributed by atoms with Crippen LogP contribution in [0, 0.1) is 0 Å². The van der Waals surface area contributed by atoms with Gasteiger partial charge in [0.1, 0.15) is 11.5 Å². The van der Waals surface area contributed by atoms with Gasteiger partial charge in [0.05, 0.1) is 35.4 Å². The van der Waals surface area contributed by atoms with E-state index in [1.54, 1.807) is 99.2 Å². The summed E-state index contributed by atoms with van der Waals surface area (Å²) < 4.78 is 10.3. The van der Waals surface area contributed by atoms with Crippen LogP contribution in [0.3, 0.4) is 0 Å². The van der Waals surface area contributed by atoms with Gasteiger partial charge in [-0.1, -0.05) is 36.4 Å². The largest absolute Gasteiger partial charge is 0.497 e. The number of benzene rings is 3. The molecular formula is C36H34N4O8S2. The number of amides is 6. The minimum Gasteiger partial charge on any atom is -0.497 e. The van der Waals surface area contributed by atoms with Crippen LogP contribution in [0.15, 0.2) is 82.6 Å². The number of nitrogens with zero attached hydrogens (tertiary/aromatic N) is 2. The van der Waals surface area contributed by atoms with Crippen molar-refractivity contribution in [1.82, 2.24) is 9.80 Å². The molecule has 258 valence electrons. The van der Waals surface area contributed by atoms with Gasteiger partial charge < -0.3 is 20.1 Å². The highest BCUT2D eigenvalue weighted by Gasteiger charge is 2.35. The minimum absolute atomic E-state index is 0.0341. The summed E-state index contributed by atoms with van der Waals surface area (Å²) in [5.41, 5.74) is 2.28. The third-order valence-corrected chi connectivity index (χ3v) is 9.44. The first-order valence-corrected chi connectivity index (χ1v) is 17.3. The summed E-state index contributed by atoms with van der Waals surface area (Å²) in [5.74, 6) is -0.169. The first-order chi connectivity index (χ1) is 24.1. The lowest BCUT2D eigenvalue weighted by Crippen LogP contribution is -2.30. The van der Waals surface area contributed by atoms with Crippen LogP contribution in [0.2, 0.25) is 0 Å². The van der Waals surface area contributed by atoms with Crippen LogP contribution >= 0.6 is 23.5 Å². The molecule has 2 aliphatic heterocycles. The van der Waals surface area contributed by atoms with Gasteiger partial charge >= 0.3 is 0 Å². The monoisotopic (exact) mass is 714 g/mol. The van der Waals surface area contributed by atoms with Gasteiger partial charge in [-0.2, -0.15) is 0 Å². The fourth-order valence-electron chi connectivity index (χ4n) is 5.01. The highest BCUT2D eigenvalue weighted by Crippen LogP contribution is 2.34.